The summed E-state index contributed by atoms with van der Waals surface area (Å²) in [5.41, 5.74) is 2.69. The number of carbonyl (C=O) groups excluding carboxylic acids is 2. The lowest BCUT2D eigenvalue weighted by atomic mass is 10.1. The molecule has 0 N–H and O–H groups in total. The van der Waals surface area contributed by atoms with Gasteiger partial charge in [0.25, 0.3) is 5.91 Å². The first kappa shape index (κ1) is 19.9. The van der Waals surface area contributed by atoms with E-state index in [9.17, 15) is 9.59 Å². The molecule has 6 nitrogen and oxygen atoms in total. The highest BCUT2D eigenvalue weighted by Crippen LogP contribution is 2.23. The quantitative estimate of drug-likeness (QED) is 0.718. The van der Waals surface area contributed by atoms with Crippen molar-refractivity contribution in [3.05, 3.63) is 65.2 Å². The van der Waals surface area contributed by atoms with Crippen LogP contribution in [0.2, 0.25) is 0 Å². The second-order valence-electron chi connectivity index (χ2n) is 6.70. The van der Waals surface area contributed by atoms with Crippen molar-refractivity contribution in [2.24, 2.45) is 0 Å². The van der Waals surface area contributed by atoms with Crippen molar-refractivity contribution in [2.75, 3.05) is 32.9 Å². The molecule has 1 aliphatic heterocycles. The molecule has 0 saturated carbocycles. The summed E-state index contributed by atoms with van der Waals surface area (Å²) in [6.45, 7) is 5.59. The molecule has 28 heavy (non-hydrogen) atoms. The van der Waals surface area contributed by atoms with Gasteiger partial charge in [0.15, 0.2) is 6.61 Å². The zero-order chi connectivity index (χ0) is 19.9. The van der Waals surface area contributed by atoms with Crippen molar-refractivity contribution in [1.82, 2.24) is 4.90 Å². The van der Waals surface area contributed by atoms with Gasteiger partial charge >= 0.3 is 5.97 Å². The van der Waals surface area contributed by atoms with Crippen molar-refractivity contribution >= 4 is 11.9 Å². The minimum absolute atomic E-state index is 0.241. The molecular weight excluding hydrogens is 358 g/mol. The molecule has 1 saturated heterocycles. The fraction of sp³-hybridized carbons (Fsp3) is 0.364. The number of aryl methyl sites for hydroxylation is 1. The van der Waals surface area contributed by atoms with Crippen LogP contribution in [0, 0.1) is 13.8 Å². The fourth-order valence-electron chi connectivity index (χ4n) is 3.02. The highest BCUT2D eigenvalue weighted by molar-refractivity contribution is 5.85. The maximum Gasteiger partial charge on any atom is 0.345 e. The second-order valence-corrected chi connectivity index (χ2v) is 6.70. The van der Waals surface area contributed by atoms with E-state index in [1.165, 1.54) is 0 Å². The van der Waals surface area contributed by atoms with E-state index < -0.39 is 12.1 Å². The zero-order valence-corrected chi connectivity index (χ0v) is 16.2. The van der Waals surface area contributed by atoms with E-state index in [4.69, 9.17) is 14.2 Å². The van der Waals surface area contributed by atoms with Gasteiger partial charge in [0.1, 0.15) is 5.75 Å². The first-order valence-electron chi connectivity index (χ1n) is 9.36. The second kappa shape index (κ2) is 9.37. The van der Waals surface area contributed by atoms with E-state index in [0.29, 0.717) is 37.6 Å². The van der Waals surface area contributed by atoms with Gasteiger partial charge in [-0.05, 0) is 31.0 Å². The first-order valence-corrected chi connectivity index (χ1v) is 9.36. The molecule has 3 rings (SSSR count). The van der Waals surface area contributed by atoms with Crippen LogP contribution in [0.1, 0.15) is 22.8 Å². The maximum absolute atomic E-state index is 13.0. The standard InChI is InChI=1S/C22H25NO5/c1-16-7-6-10-19(17(16)2)27-15-20(24)28-21(18-8-4-3-5-9-18)22(25)23-11-13-26-14-12-23/h3-10,21H,11-15H2,1-2H3/t21-/m0/s1. The Morgan fingerprint density at radius 3 is 2.46 bits per heavy atom. The van der Waals surface area contributed by atoms with Crippen LogP contribution in [0.3, 0.4) is 0 Å². The van der Waals surface area contributed by atoms with E-state index in [-0.39, 0.29) is 12.5 Å². The molecule has 0 radical (unpaired) electrons. The Morgan fingerprint density at radius 1 is 1.04 bits per heavy atom. The number of amides is 1. The van der Waals surface area contributed by atoms with Crippen molar-refractivity contribution in [3.63, 3.8) is 0 Å². The van der Waals surface area contributed by atoms with Crippen molar-refractivity contribution in [1.29, 1.82) is 0 Å². The van der Waals surface area contributed by atoms with E-state index in [2.05, 4.69) is 0 Å². The lowest BCUT2D eigenvalue weighted by molar-refractivity contribution is -0.164. The summed E-state index contributed by atoms with van der Waals surface area (Å²) >= 11 is 0. The zero-order valence-electron chi connectivity index (χ0n) is 16.2. The third-order valence-corrected chi connectivity index (χ3v) is 4.80. The lowest BCUT2D eigenvalue weighted by Crippen LogP contribution is -2.44. The average Bonchev–Trinajstić information content (AvgIpc) is 2.74. The van der Waals surface area contributed by atoms with Crippen LogP contribution < -0.4 is 4.74 Å². The first-order chi connectivity index (χ1) is 13.6. The predicted molar refractivity (Wildman–Crippen MR) is 104 cm³/mol. The summed E-state index contributed by atoms with van der Waals surface area (Å²) in [5.74, 6) is -0.196. The molecule has 0 spiro atoms. The predicted octanol–water partition coefficient (Wildman–Crippen LogP) is 2.83. The summed E-state index contributed by atoms with van der Waals surface area (Å²) in [4.78, 5) is 27.1. The number of benzene rings is 2. The normalized spacial score (nSPS) is 15.0. The number of carbonyl (C=O) groups is 2. The summed E-state index contributed by atoms with van der Waals surface area (Å²) in [7, 11) is 0. The Hall–Kier alpha value is -2.86. The molecule has 1 amide bonds. The van der Waals surface area contributed by atoms with E-state index in [0.717, 1.165) is 11.1 Å². The molecular formula is C22H25NO5. The van der Waals surface area contributed by atoms with Crippen LogP contribution in [0.25, 0.3) is 0 Å². The average molecular weight is 383 g/mol. The van der Waals surface area contributed by atoms with Crippen LogP contribution in [0.15, 0.2) is 48.5 Å². The molecule has 1 atom stereocenters. The molecule has 0 aromatic heterocycles. The van der Waals surface area contributed by atoms with Crippen LogP contribution >= 0.6 is 0 Å². The molecule has 1 heterocycles. The summed E-state index contributed by atoms with van der Waals surface area (Å²) in [5, 5.41) is 0. The molecule has 148 valence electrons. The SMILES string of the molecule is Cc1cccc(OCC(=O)O[C@H](C(=O)N2CCOCC2)c2ccccc2)c1C. The van der Waals surface area contributed by atoms with Gasteiger partial charge in [0, 0.05) is 18.7 Å². The van der Waals surface area contributed by atoms with Crippen molar-refractivity contribution in [3.8, 4) is 5.75 Å². The Labute approximate surface area is 165 Å². The van der Waals surface area contributed by atoms with E-state index >= 15 is 0 Å². The molecule has 0 aliphatic carbocycles. The van der Waals surface area contributed by atoms with Gasteiger partial charge < -0.3 is 19.1 Å². The van der Waals surface area contributed by atoms with Crippen molar-refractivity contribution < 1.29 is 23.8 Å². The van der Waals surface area contributed by atoms with Gasteiger partial charge in [0.2, 0.25) is 6.10 Å². The molecule has 0 unspecified atom stereocenters. The number of hydrogen-bond acceptors (Lipinski definition) is 5. The smallest absolute Gasteiger partial charge is 0.345 e. The lowest BCUT2D eigenvalue weighted by Gasteiger charge is -2.30. The maximum atomic E-state index is 13.0. The van der Waals surface area contributed by atoms with E-state index in [1.807, 2.05) is 50.2 Å². The highest BCUT2D eigenvalue weighted by Gasteiger charge is 2.30. The van der Waals surface area contributed by atoms with Crippen LogP contribution in [-0.4, -0.2) is 49.7 Å². The Bertz CT molecular complexity index is 815. The molecule has 0 bridgehead atoms. The number of hydrogen-bond donors (Lipinski definition) is 0. The topological polar surface area (TPSA) is 65.1 Å². The Kier molecular flexibility index (Phi) is 6.66. The molecule has 2 aromatic rings. The van der Waals surface area contributed by atoms with Gasteiger partial charge in [-0.15, -0.1) is 0 Å². The minimum Gasteiger partial charge on any atom is -0.482 e. The fourth-order valence-corrected chi connectivity index (χ4v) is 3.02. The largest absolute Gasteiger partial charge is 0.482 e. The van der Waals surface area contributed by atoms with Gasteiger partial charge in [-0.2, -0.15) is 0 Å². The number of nitrogens with zero attached hydrogens (tertiary/aromatic N) is 1. The van der Waals surface area contributed by atoms with Gasteiger partial charge in [-0.1, -0.05) is 42.5 Å². The molecule has 1 aliphatic rings. The number of rotatable bonds is 6. The summed E-state index contributed by atoms with van der Waals surface area (Å²) in [6.07, 6.45) is -0.992. The number of morpholine rings is 1. The monoisotopic (exact) mass is 383 g/mol. The van der Waals surface area contributed by atoms with Crippen LogP contribution in [0.4, 0.5) is 0 Å². The molecule has 6 heteroatoms. The minimum atomic E-state index is -0.992. The number of ether oxygens (including phenoxy) is 3. The van der Waals surface area contributed by atoms with Crippen molar-refractivity contribution in [2.45, 2.75) is 20.0 Å². The van der Waals surface area contributed by atoms with Gasteiger partial charge in [0.05, 0.1) is 13.2 Å². The number of esters is 1. The molecule has 2 aromatic carbocycles. The molecule has 1 fully saturated rings. The third-order valence-electron chi connectivity index (χ3n) is 4.80. The summed E-state index contributed by atoms with van der Waals surface area (Å²) < 4.78 is 16.5. The highest BCUT2D eigenvalue weighted by atomic mass is 16.6. The van der Waals surface area contributed by atoms with E-state index in [1.54, 1.807) is 17.0 Å². The summed E-state index contributed by atoms with van der Waals surface area (Å²) in [6, 6.07) is 14.7. The van der Waals surface area contributed by atoms with Gasteiger partial charge in [-0.3, -0.25) is 4.79 Å². The third kappa shape index (κ3) is 4.89. The van der Waals surface area contributed by atoms with Crippen LogP contribution in [-0.2, 0) is 19.1 Å². The van der Waals surface area contributed by atoms with Crippen LogP contribution in [0.5, 0.6) is 5.75 Å². The Balaban J connectivity index is 1.69. The Morgan fingerprint density at radius 2 is 1.75 bits per heavy atom. The van der Waals surface area contributed by atoms with Gasteiger partial charge in [-0.25, -0.2) is 4.79 Å².